The summed E-state index contributed by atoms with van der Waals surface area (Å²) in [5.74, 6) is 1.47. The third-order valence-corrected chi connectivity index (χ3v) is 4.21. The van der Waals surface area contributed by atoms with Crippen molar-refractivity contribution >= 4 is 0 Å². The van der Waals surface area contributed by atoms with Gasteiger partial charge in [-0.25, -0.2) is 0 Å². The number of nitrogens with zero attached hydrogens (tertiary/aromatic N) is 2. The summed E-state index contributed by atoms with van der Waals surface area (Å²) in [6.45, 7) is 7.62. The van der Waals surface area contributed by atoms with Crippen LogP contribution < -0.4 is 10.1 Å². The van der Waals surface area contributed by atoms with Crippen LogP contribution in [0.3, 0.4) is 0 Å². The van der Waals surface area contributed by atoms with Gasteiger partial charge >= 0.3 is 0 Å². The van der Waals surface area contributed by atoms with E-state index in [1.165, 1.54) is 18.4 Å². The lowest BCUT2D eigenvalue weighted by Gasteiger charge is -2.29. The Balaban J connectivity index is 1.99. The number of piperidine rings is 1. The molecule has 4 heteroatoms. The second-order valence-electron chi connectivity index (χ2n) is 5.67. The van der Waals surface area contributed by atoms with E-state index in [-0.39, 0.29) is 0 Å². The first-order chi connectivity index (χ1) is 10.3. The fourth-order valence-electron chi connectivity index (χ4n) is 2.92. The van der Waals surface area contributed by atoms with Gasteiger partial charge in [-0.2, -0.15) is 5.26 Å². The van der Waals surface area contributed by atoms with Crippen molar-refractivity contribution in [1.29, 1.82) is 5.26 Å². The van der Waals surface area contributed by atoms with E-state index in [1.807, 2.05) is 18.2 Å². The molecule has 1 heterocycles. The van der Waals surface area contributed by atoms with Gasteiger partial charge in [-0.3, -0.25) is 4.90 Å². The minimum atomic E-state index is 0.600. The fourth-order valence-corrected chi connectivity index (χ4v) is 2.92. The Hall–Kier alpha value is -1.57. The molecule has 0 amide bonds. The predicted molar refractivity (Wildman–Crippen MR) is 84.3 cm³/mol. The summed E-state index contributed by atoms with van der Waals surface area (Å²) < 4.78 is 5.29. The van der Waals surface area contributed by atoms with Gasteiger partial charge in [0, 0.05) is 13.1 Å². The molecule has 1 saturated heterocycles. The number of benzene rings is 1. The van der Waals surface area contributed by atoms with Crippen molar-refractivity contribution < 1.29 is 4.74 Å². The maximum atomic E-state index is 9.04. The van der Waals surface area contributed by atoms with E-state index in [1.54, 1.807) is 7.11 Å². The molecule has 1 aromatic rings. The van der Waals surface area contributed by atoms with Gasteiger partial charge in [-0.05, 0) is 56.1 Å². The average Bonchev–Trinajstić information content (AvgIpc) is 2.55. The quantitative estimate of drug-likeness (QED) is 0.873. The molecule has 2 rings (SSSR count). The average molecular weight is 287 g/mol. The second-order valence-corrected chi connectivity index (χ2v) is 5.67. The van der Waals surface area contributed by atoms with Crippen molar-refractivity contribution in [2.75, 3.05) is 33.3 Å². The number of ether oxygens (including phenoxy) is 1. The number of hydrogen-bond acceptors (Lipinski definition) is 4. The second kappa shape index (κ2) is 8.02. The fraction of sp³-hybridized carbons (Fsp3) is 0.588. The molecule has 114 valence electrons. The highest BCUT2D eigenvalue weighted by Crippen LogP contribution is 2.21. The van der Waals surface area contributed by atoms with Gasteiger partial charge < -0.3 is 10.1 Å². The zero-order valence-electron chi connectivity index (χ0n) is 13.1. The lowest BCUT2D eigenvalue weighted by Crippen LogP contribution is -2.35. The van der Waals surface area contributed by atoms with Crippen molar-refractivity contribution in [2.45, 2.75) is 26.3 Å². The van der Waals surface area contributed by atoms with Crippen LogP contribution >= 0.6 is 0 Å². The first-order valence-electron chi connectivity index (χ1n) is 7.77. The lowest BCUT2D eigenvalue weighted by atomic mass is 9.97. The highest BCUT2D eigenvalue weighted by atomic mass is 16.5. The van der Waals surface area contributed by atoms with Gasteiger partial charge in [-0.15, -0.1) is 0 Å². The number of nitriles is 1. The van der Waals surface area contributed by atoms with Crippen LogP contribution in [0.2, 0.25) is 0 Å². The van der Waals surface area contributed by atoms with Gasteiger partial charge in [0.25, 0.3) is 0 Å². The van der Waals surface area contributed by atoms with Gasteiger partial charge in [-0.1, -0.05) is 13.0 Å². The van der Waals surface area contributed by atoms with Crippen molar-refractivity contribution in [3.8, 4) is 11.8 Å². The molecular weight excluding hydrogens is 262 g/mol. The number of hydrogen-bond donors (Lipinski definition) is 1. The Kier molecular flexibility index (Phi) is 6.04. The topological polar surface area (TPSA) is 48.3 Å². The zero-order valence-corrected chi connectivity index (χ0v) is 13.1. The highest BCUT2D eigenvalue weighted by molar-refractivity contribution is 5.45. The highest BCUT2D eigenvalue weighted by Gasteiger charge is 2.16. The lowest BCUT2D eigenvalue weighted by molar-refractivity contribution is 0.207. The Morgan fingerprint density at radius 1 is 1.38 bits per heavy atom. The normalized spacial score (nSPS) is 15.9. The molecule has 0 radical (unpaired) electrons. The van der Waals surface area contributed by atoms with Crippen LogP contribution in [0.4, 0.5) is 0 Å². The minimum absolute atomic E-state index is 0.600. The largest absolute Gasteiger partial charge is 0.495 e. The van der Waals surface area contributed by atoms with E-state index >= 15 is 0 Å². The summed E-state index contributed by atoms with van der Waals surface area (Å²) in [7, 11) is 1.62. The molecule has 0 saturated carbocycles. The third-order valence-electron chi connectivity index (χ3n) is 4.21. The van der Waals surface area contributed by atoms with Crippen LogP contribution in [-0.4, -0.2) is 38.2 Å². The summed E-state index contributed by atoms with van der Waals surface area (Å²) in [5.41, 5.74) is 1.81. The smallest absolute Gasteiger partial charge is 0.136 e. The molecule has 21 heavy (non-hydrogen) atoms. The van der Waals surface area contributed by atoms with E-state index in [9.17, 15) is 0 Å². The molecule has 0 atom stereocenters. The molecule has 0 unspecified atom stereocenters. The van der Waals surface area contributed by atoms with Gasteiger partial charge in [0.2, 0.25) is 0 Å². The Labute approximate surface area is 127 Å². The van der Waals surface area contributed by atoms with E-state index in [0.717, 1.165) is 38.6 Å². The van der Waals surface area contributed by atoms with E-state index in [0.29, 0.717) is 11.3 Å². The minimum Gasteiger partial charge on any atom is -0.495 e. The predicted octanol–water partition coefficient (Wildman–Crippen LogP) is 2.39. The first kappa shape index (κ1) is 15.8. The van der Waals surface area contributed by atoms with Crippen molar-refractivity contribution in [3.63, 3.8) is 0 Å². The summed E-state index contributed by atoms with van der Waals surface area (Å²) >= 11 is 0. The molecule has 1 aliphatic rings. The maximum absolute atomic E-state index is 9.04. The molecule has 4 nitrogen and oxygen atoms in total. The number of methoxy groups -OCH3 is 1. The first-order valence-corrected chi connectivity index (χ1v) is 7.77. The Bertz CT molecular complexity index is 489. The van der Waals surface area contributed by atoms with E-state index in [4.69, 9.17) is 10.00 Å². The maximum Gasteiger partial charge on any atom is 0.136 e. The van der Waals surface area contributed by atoms with Gasteiger partial charge in [0.05, 0.1) is 12.7 Å². The molecule has 1 fully saturated rings. The van der Waals surface area contributed by atoms with Crippen LogP contribution in [0.5, 0.6) is 5.75 Å². The number of rotatable bonds is 6. The molecule has 0 bridgehead atoms. The Morgan fingerprint density at radius 3 is 2.76 bits per heavy atom. The molecule has 0 aromatic heterocycles. The van der Waals surface area contributed by atoms with Crippen molar-refractivity contribution in [3.05, 3.63) is 29.3 Å². The van der Waals surface area contributed by atoms with Crippen LogP contribution in [-0.2, 0) is 6.54 Å². The van der Waals surface area contributed by atoms with E-state index < -0.39 is 0 Å². The van der Waals surface area contributed by atoms with Crippen LogP contribution in [0.25, 0.3) is 0 Å². The SMILES string of the molecule is CCN(Cc1ccc(C#N)c(OC)c1)CC1CCNCC1. The molecule has 0 aliphatic carbocycles. The number of nitrogens with one attached hydrogen (secondary N) is 1. The van der Waals surface area contributed by atoms with E-state index in [2.05, 4.69) is 23.2 Å². The molecule has 1 aliphatic heterocycles. The standard InChI is InChI=1S/C17H25N3O/c1-3-20(12-14-6-8-19-9-7-14)13-15-4-5-16(11-18)17(10-15)21-2/h4-5,10,14,19H,3,6-9,12-13H2,1-2H3. The molecule has 1 aromatic carbocycles. The van der Waals surface area contributed by atoms with Crippen molar-refractivity contribution in [2.24, 2.45) is 5.92 Å². The van der Waals surface area contributed by atoms with Crippen LogP contribution in [0.1, 0.15) is 30.9 Å². The molecular formula is C17H25N3O. The monoisotopic (exact) mass is 287 g/mol. The van der Waals surface area contributed by atoms with Crippen molar-refractivity contribution in [1.82, 2.24) is 10.2 Å². The zero-order chi connectivity index (χ0) is 15.1. The summed E-state index contributed by atoms with van der Waals surface area (Å²) in [5, 5.41) is 12.5. The van der Waals surface area contributed by atoms with Crippen LogP contribution in [0, 0.1) is 17.2 Å². The third kappa shape index (κ3) is 4.45. The summed E-state index contributed by atoms with van der Waals surface area (Å²) in [4.78, 5) is 2.48. The van der Waals surface area contributed by atoms with Gasteiger partial charge in [0.15, 0.2) is 0 Å². The molecule has 1 N–H and O–H groups in total. The Morgan fingerprint density at radius 2 is 2.14 bits per heavy atom. The summed E-state index contributed by atoms with van der Waals surface area (Å²) in [6, 6.07) is 8.04. The summed E-state index contributed by atoms with van der Waals surface area (Å²) in [6.07, 6.45) is 2.54. The van der Waals surface area contributed by atoms with Crippen LogP contribution in [0.15, 0.2) is 18.2 Å². The van der Waals surface area contributed by atoms with Gasteiger partial charge in [0.1, 0.15) is 11.8 Å². The molecule has 0 spiro atoms.